The third-order valence-electron chi connectivity index (χ3n) is 3.99. The minimum absolute atomic E-state index is 0.199. The average molecular weight is 439 g/mol. The molecule has 0 aliphatic carbocycles. The van der Waals surface area contributed by atoms with Crippen molar-refractivity contribution in [3.05, 3.63) is 46.4 Å². The first-order valence-corrected chi connectivity index (χ1v) is 10.6. The Kier molecular flexibility index (Phi) is 4.52. The lowest BCUT2D eigenvalue weighted by molar-refractivity contribution is -0.131. The molecular formula is C18H19BrN2O4S. The van der Waals surface area contributed by atoms with Gasteiger partial charge in [0.05, 0.1) is 17.6 Å². The largest absolute Gasteiger partial charge is 0.476 e. The van der Waals surface area contributed by atoms with E-state index >= 15 is 0 Å². The summed E-state index contributed by atoms with van der Waals surface area (Å²) >= 11 is 3.47. The van der Waals surface area contributed by atoms with Gasteiger partial charge in [-0.05, 0) is 56.7 Å². The average Bonchev–Trinajstić information content (AvgIpc) is 2.50. The number of sulfonamides is 1. The lowest BCUT2D eigenvalue weighted by Crippen LogP contribution is -2.50. The van der Waals surface area contributed by atoms with E-state index in [1.54, 1.807) is 36.9 Å². The molecule has 1 aliphatic rings. The zero-order valence-electron chi connectivity index (χ0n) is 14.8. The van der Waals surface area contributed by atoms with Gasteiger partial charge in [-0.25, -0.2) is 8.42 Å². The highest BCUT2D eigenvalue weighted by atomic mass is 79.9. The smallest absolute Gasteiger partial charge is 0.275 e. The molecule has 0 aromatic heterocycles. The number of anilines is 3. The van der Waals surface area contributed by atoms with Crippen LogP contribution in [-0.2, 0) is 14.8 Å². The molecule has 0 saturated carbocycles. The quantitative estimate of drug-likeness (QED) is 0.786. The summed E-state index contributed by atoms with van der Waals surface area (Å²) in [6.07, 6.45) is 1.08. The summed E-state index contributed by atoms with van der Waals surface area (Å²) in [5.74, 6) is 0.236. The fourth-order valence-electron chi connectivity index (χ4n) is 2.78. The molecule has 138 valence electrons. The second-order valence-electron chi connectivity index (χ2n) is 6.74. The molecule has 0 unspecified atom stereocenters. The van der Waals surface area contributed by atoms with Crippen LogP contribution < -0.4 is 14.4 Å². The van der Waals surface area contributed by atoms with E-state index in [2.05, 4.69) is 20.7 Å². The molecule has 0 atom stereocenters. The van der Waals surface area contributed by atoms with Gasteiger partial charge in [-0.3, -0.25) is 14.4 Å². The van der Waals surface area contributed by atoms with E-state index in [0.717, 1.165) is 22.0 Å². The van der Waals surface area contributed by atoms with Crippen LogP contribution in [0.4, 0.5) is 17.1 Å². The van der Waals surface area contributed by atoms with E-state index < -0.39 is 15.6 Å². The highest BCUT2D eigenvalue weighted by Gasteiger charge is 2.41. The molecule has 0 fully saturated rings. The molecule has 0 saturated heterocycles. The Morgan fingerprint density at radius 1 is 1.15 bits per heavy atom. The summed E-state index contributed by atoms with van der Waals surface area (Å²) in [6, 6.07) is 10.5. The minimum Gasteiger partial charge on any atom is -0.476 e. The van der Waals surface area contributed by atoms with Crippen LogP contribution in [0, 0.1) is 6.92 Å². The van der Waals surface area contributed by atoms with Gasteiger partial charge in [0.15, 0.2) is 5.60 Å². The first-order valence-electron chi connectivity index (χ1n) is 7.89. The lowest BCUT2D eigenvalue weighted by atomic mass is 10.0. The maximum Gasteiger partial charge on any atom is 0.275 e. The Bertz CT molecular complexity index is 1000. The van der Waals surface area contributed by atoms with Crippen LogP contribution in [-0.4, -0.2) is 26.2 Å². The third kappa shape index (κ3) is 3.57. The second-order valence-corrected chi connectivity index (χ2v) is 9.35. The molecule has 8 heteroatoms. The molecule has 2 aromatic carbocycles. The van der Waals surface area contributed by atoms with Crippen molar-refractivity contribution in [2.24, 2.45) is 0 Å². The second kappa shape index (κ2) is 6.28. The fourth-order valence-corrected chi connectivity index (χ4v) is 3.58. The monoisotopic (exact) mass is 438 g/mol. The number of carbonyl (C=O) groups excluding carboxylic acids is 1. The molecule has 0 spiro atoms. The Labute approximate surface area is 161 Å². The SMILES string of the molecule is Cc1cc(N2C(=O)C(C)(C)Oc3cc(NS(C)(=O)=O)ccc32)ccc1Br. The number of fused-ring (bicyclic) bond motifs is 1. The van der Waals surface area contributed by atoms with Gasteiger partial charge >= 0.3 is 0 Å². The molecule has 3 rings (SSSR count). The Hall–Kier alpha value is -2.06. The van der Waals surface area contributed by atoms with Crippen molar-refractivity contribution in [2.45, 2.75) is 26.4 Å². The number of hydrogen-bond donors (Lipinski definition) is 1. The van der Waals surface area contributed by atoms with Crippen molar-refractivity contribution in [1.82, 2.24) is 0 Å². The number of hydrogen-bond acceptors (Lipinski definition) is 4. The first-order chi connectivity index (χ1) is 12.0. The summed E-state index contributed by atoms with van der Waals surface area (Å²) in [7, 11) is -3.41. The van der Waals surface area contributed by atoms with Crippen molar-refractivity contribution >= 4 is 48.9 Å². The maximum atomic E-state index is 13.0. The molecular weight excluding hydrogens is 420 g/mol. The van der Waals surface area contributed by atoms with Crippen LogP contribution in [0.5, 0.6) is 5.75 Å². The number of benzene rings is 2. The van der Waals surface area contributed by atoms with Gasteiger partial charge in [0.25, 0.3) is 5.91 Å². The van der Waals surface area contributed by atoms with Gasteiger partial charge in [0.2, 0.25) is 10.0 Å². The van der Waals surface area contributed by atoms with Gasteiger partial charge in [-0.15, -0.1) is 0 Å². The number of ether oxygens (including phenoxy) is 1. The molecule has 1 N–H and O–H groups in total. The summed E-state index contributed by atoms with van der Waals surface area (Å²) in [5.41, 5.74) is 1.57. The number of nitrogens with zero attached hydrogens (tertiary/aromatic N) is 1. The number of halogens is 1. The van der Waals surface area contributed by atoms with Crippen LogP contribution in [0.25, 0.3) is 0 Å². The highest BCUT2D eigenvalue weighted by Crippen LogP contribution is 2.43. The van der Waals surface area contributed by atoms with Crippen molar-refractivity contribution in [3.8, 4) is 5.75 Å². The Morgan fingerprint density at radius 2 is 1.85 bits per heavy atom. The van der Waals surface area contributed by atoms with Gasteiger partial charge in [-0.2, -0.15) is 0 Å². The first kappa shape index (κ1) is 18.7. The number of rotatable bonds is 3. The summed E-state index contributed by atoms with van der Waals surface area (Å²) in [4.78, 5) is 14.6. The van der Waals surface area contributed by atoms with Gasteiger partial charge < -0.3 is 4.74 Å². The van der Waals surface area contributed by atoms with Crippen LogP contribution in [0.15, 0.2) is 40.9 Å². The van der Waals surface area contributed by atoms with Crippen molar-refractivity contribution in [3.63, 3.8) is 0 Å². The third-order valence-corrected chi connectivity index (χ3v) is 5.48. The topological polar surface area (TPSA) is 75.7 Å². The molecule has 0 bridgehead atoms. The predicted octanol–water partition coefficient (Wildman–Crippen LogP) is 3.96. The number of amides is 1. The maximum absolute atomic E-state index is 13.0. The number of carbonyl (C=O) groups is 1. The number of aryl methyl sites for hydroxylation is 1. The van der Waals surface area contributed by atoms with E-state index in [1.165, 1.54) is 0 Å². The zero-order valence-corrected chi connectivity index (χ0v) is 17.2. The molecule has 2 aromatic rings. The molecule has 1 amide bonds. The standard InChI is InChI=1S/C18H19BrN2O4S/c1-11-9-13(6-7-14(11)19)21-15-8-5-12(20-26(4,23)24)10-16(15)25-18(2,3)17(21)22/h5-10,20H,1-4H3. The molecule has 1 aliphatic heterocycles. The van der Waals surface area contributed by atoms with Crippen LogP contribution >= 0.6 is 15.9 Å². The van der Waals surface area contributed by atoms with Gasteiger partial charge in [0.1, 0.15) is 5.75 Å². The molecule has 0 radical (unpaired) electrons. The normalized spacial score (nSPS) is 16.0. The van der Waals surface area contributed by atoms with E-state index in [9.17, 15) is 13.2 Å². The van der Waals surface area contributed by atoms with Gasteiger partial charge in [0, 0.05) is 16.2 Å². The van der Waals surface area contributed by atoms with Crippen LogP contribution in [0.2, 0.25) is 0 Å². The van der Waals surface area contributed by atoms with Crippen molar-refractivity contribution in [1.29, 1.82) is 0 Å². The summed E-state index contributed by atoms with van der Waals surface area (Å²) in [5, 5.41) is 0. The van der Waals surface area contributed by atoms with E-state index in [4.69, 9.17) is 4.74 Å². The lowest BCUT2D eigenvalue weighted by Gasteiger charge is -2.39. The molecule has 26 heavy (non-hydrogen) atoms. The van der Waals surface area contributed by atoms with E-state index in [1.807, 2.05) is 25.1 Å². The summed E-state index contributed by atoms with van der Waals surface area (Å²) in [6.45, 7) is 5.32. The van der Waals surface area contributed by atoms with E-state index in [-0.39, 0.29) is 5.91 Å². The van der Waals surface area contributed by atoms with Crippen molar-refractivity contribution < 1.29 is 17.9 Å². The fraction of sp³-hybridized carbons (Fsp3) is 0.278. The van der Waals surface area contributed by atoms with Crippen LogP contribution in [0.1, 0.15) is 19.4 Å². The number of nitrogens with one attached hydrogen (secondary N) is 1. The molecule has 1 heterocycles. The van der Waals surface area contributed by atoms with Crippen LogP contribution in [0.3, 0.4) is 0 Å². The zero-order chi connectivity index (χ0) is 19.3. The van der Waals surface area contributed by atoms with E-state index in [0.29, 0.717) is 17.1 Å². The predicted molar refractivity (Wildman–Crippen MR) is 106 cm³/mol. The van der Waals surface area contributed by atoms with Crippen molar-refractivity contribution in [2.75, 3.05) is 15.9 Å². The molecule has 6 nitrogen and oxygen atoms in total. The summed E-state index contributed by atoms with van der Waals surface area (Å²) < 4.78 is 32.2. The Balaban J connectivity index is 2.14. The highest BCUT2D eigenvalue weighted by molar-refractivity contribution is 9.10. The van der Waals surface area contributed by atoms with Gasteiger partial charge in [-0.1, -0.05) is 15.9 Å². The Morgan fingerprint density at radius 3 is 2.46 bits per heavy atom. The minimum atomic E-state index is -3.41.